The minimum Gasteiger partial charge on any atom is -0.494 e. The van der Waals surface area contributed by atoms with Crippen molar-refractivity contribution in [3.05, 3.63) is 80.5 Å². The molecule has 2 heterocycles. The van der Waals surface area contributed by atoms with E-state index in [1.165, 1.54) is 0 Å². The molecule has 1 aliphatic heterocycles. The number of aromatic nitrogens is 2. The Morgan fingerprint density at radius 1 is 1.14 bits per heavy atom. The van der Waals surface area contributed by atoms with Gasteiger partial charge in [0.2, 0.25) is 5.88 Å². The fourth-order valence-electron chi connectivity index (χ4n) is 3.33. The van der Waals surface area contributed by atoms with E-state index < -0.39 is 17.1 Å². The number of H-pyrrole nitrogens is 1. The average Bonchev–Trinajstić information content (AvgIpc) is 3.01. The standard InChI is InChI=1S/C22H19N3O4/c1-3-29-15-10-8-14(9-11-15)25-21(27)18(20(26)24-22(25)28)12-17-13(2)23-19-7-5-4-6-16(17)19/h4-12,27H,3H2,1-2H3,(H,24,26,28)/b17-12+. The molecule has 0 spiro atoms. The Bertz CT molecular complexity index is 1260. The van der Waals surface area contributed by atoms with Gasteiger partial charge >= 0.3 is 5.69 Å². The monoisotopic (exact) mass is 389 g/mol. The molecule has 1 aliphatic rings. The van der Waals surface area contributed by atoms with Crippen molar-refractivity contribution < 1.29 is 9.84 Å². The Balaban J connectivity index is 1.87. The van der Waals surface area contributed by atoms with E-state index in [2.05, 4.69) is 9.98 Å². The van der Waals surface area contributed by atoms with Gasteiger partial charge in [-0.25, -0.2) is 9.36 Å². The summed E-state index contributed by atoms with van der Waals surface area (Å²) >= 11 is 0. The van der Waals surface area contributed by atoms with Crippen molar-refractivity contribution in [2.75, 3.05) is 6.61 Å². The lowest BCUT2D eigenvalue weighted by Crippen LogP contribution is -2.30. The van der Waals surface area contributed by atoms with Crippen LogP contribution in [0.1, 0.15) is 25.0 Å². The lowest BCUT2D eigenvalue weighted by Gasteiger charge is -2.11. The van der Waals surface area contributed by atoms with Gasteiger partial charge in [0.15, 0.2) is 0 Å². The Labute approximate surface area is 166 Å². The number of fused-ring (bicyclic) bond motifs is 1. The van der Waals surface area contributed by atoms with Crippen molar-refractivity contribution in [2.45, 2.75) is 13.8 Å². The van der Waals surface area contributed by atoms with Gasteiger partial charge < -0.3 is 9.84 Å². The maximum Gasteiger partial charge on any atom is 0.335 e. The zero-order valence-electron chi connectivity index (χ0n) is 16.0. The number of aromatic hydroxyl groups is 1. The highest BCUT2D eigenvalue weighted by Gasteiger charge is 2.20. The van der Waals surface area contributed by atoms with Gasteiger partial charge in [-0.2, -0.15) is 0 Å². The zero-order valence-corrected chi connectivity index (χ0v) is 16.0. The van der Waals surface area contributed by atoms with Crippen LogP contribution in [0.5, 0.6) is 11.6 Å². The maximum absolute atomic E-state index is 12.5. The molecule has 0 fully saturated rings. The predicted molar refractivity (Wildman–Crippen MR) is 113 cm³/mol. The minimum atomic E-state index is -0.726. The Morgan fingerprint density at radius 2 is 1.86 bits per heavy atom. The first-order valence-corrected chi connectivity index (χ1v) is 9.18. The van der Waals surface area contributed by atoms with Crippen LogP contribution >= 0.6 is 0 Å². The molecule has 4 rings (SSSR count). The summed E-state index contributed by atoms with van der Waals surface area (Å²) in [4.78, 5) is 31.6. The smallest absolute Gasteiger partial charge is 0.335 e. The second-order valence-electron chi connectivity index (χ2n) is 6.53. The Morgan fingerprint density at radius 3 is 2.59 bits per heavy atom. The molecule has 0 amide bonds. The molecule has 0 saturated carbocycles. The molecule has 0 saturated heterocycles. The number of hydrogen-bond acceptors (Lipinski definition) is 5. The third kappa shape index (κ3) is 3.27. The molecule has 0 atom stereocenters. The molecule has 29 heavy (non-hydrogen) atoms. The zero-order chi connectivity index (χ0) is 20.5. The fraction of sp³-hybridized carbons (Fsp3) is 0.136. The number of benzene rings is 2. The summed E-state index contributed by atoms with van der Waals surface area (Å²) in [5, 5.41) is 10.8. The Kier molecular flexibility index (Phi) is 4.64. The molecule has 2 aromatic carbocycles. The van der Waals surface area contributed by atoms with Crippen LogP contribution in [0.25, 0.3) is 17.3 Å². The number of ether oxygens (including phenoxy) is 1. The van der Waals surface area contributed by atoms with Gasteiger partial charge in [0.05, 0.1) is 18.0 Å². The summed E-state index contributed by atoms with van der Waals surface area (Å²) in [6.07, 6.45) is 1.56. The SMILES string of the molecule is CCOc1ccc(-n2c(O)c(/C=C3\C(C)=Nc4ccccc43)c(=O)[nH]c2=O)cc1. The molecule has 146 valence electrons. The van der Waals surface area contributed by atoms with Crippen LogP contribution in [0.2, 0.25) is 0 Å². The molecule has 0 unspecified atom stereocenters. The van der Waals surface area contributed by atoms with Gasteiger partial charge in [0.1, 0.15) is 11.3 Å². The van der Waals surface area contributed by atoms with E-state index in [1.807, 2.05) is 38.1 Å². The molecule has 3 aromatic rings. The quantitative estimate of drug-likeness (QED) is 0.716. The lowest BCUT2D eigenvalue weighted by molar-refractivity contribution is 0.340. The predicted octanol–water partition coefficient (Wildman–Crippen LogP) is 3.28. The van der Waals surface area contributed by atoms with Crippen LogP contribution in [-0.2, 0) is 0 Å². The number of allylic oxidation sites excluding steroid dienone is 1. The highest BCUT2D eigenvalue weighted by Crippen LogP contribution is 2.36. The van der Waals surface area contributed by atoms with Gasteiger partial charge in [-0.3, -0.25) is 14.8 Å². The number of nitrogens with zero attached hydrogens (tertiary/aromatic N) is 2. The van der Waals surface area contributed by atoms with E-state index in [4.69, 9.17) is 4.74 Å². The van der Waals surface area contributed by atoms with Gasteiger partial charge in [0, 0.05) is 16.8 Å². The summed E-state index contributed by atoms with van der Waals surface area (Å²) in [7, 11) is 0. The van der Waals surface area contributed by atoms with Crippen molar-refractivity contribution in [3.8, 4) is 17.3 Å². The number of aliphatic imine (C=N–C) groups is 1. The normalized spacial score (nSPS) is 14.0. The number of rotatable bonds is 4. The highest BCUT2D eigenvalue weighted by atomic mass is 16.5. The van der Waals surface area contributed by atoms with E-state index in [9.17, 15) is 14.7 Å². The molecule has 7 nitrogen and oxygen atoms in total. The number of nitrogens with one attached hydrogen (secondary N) is 1. The molecular weight excluding hydrogens is 370 g/mol. The topological polar surface area (TPSA) is 96.7 Å². The van der Waals surface area contributed by atoms with Crippen LogP contribution in [0.15, 0.2) is 63.1 Å². The van der Waals surface area contributed by atoms with Crippen molar-refractivity contribution in [3.63, 3.8) is 0 Å². The van der Waals surface area contributed by atoms with Gasteiger partial charge in [-0.15, -0.1) is 0 Å². The molecular formula is C22H19N3O4. The van der Waals surface area contributed by atoms with E-state index in [0.29, 0.717) is 18.0 Å². The third-order valence-corrected chi connectivity index (χ3v) is 4.69. The largest absolute Gasteiger partial charge is 0.494 e. The van der Waals surface area contributed by atoms with Gasteiger partial charge in [-0.05, 0) is 50.3 Å². The Hall–Kier alpha value is -3.87. The summed E-state index contributed by atoms with van der Waals surface area (Å²) in [5.41, 5.74) is 2.11. The first kappa shape index (κ1) is 18.5. The van der Waals surface area contributed by atoms with Crippen molar-refractivity contribution in [2.24, 2.45) is 4.99 Å². The molecule has 2 N–H and O–H groups in total. The molecule has 1 aromatic heterocycles. The van der Waals surface area contributed by atoms with Crippen LogP contribution < -0.4 is 16.0 Å². The third-order valence-electron chi connectivity index (χ3n) is 4.69. The highest BCUT2D eigenvalue weighted by molar-refractivity contribution is 6.31. The van der Waals surface area contributed by atoms with Gasteiger partial charge in [0.25, 0.3) is 5.56 Å². The van der Waals surface area contributed by atoms with Crippen LogP contribution in [0.4, 0.5) is 5.69 Å². The average molecular weight is 389 g/mol. The lowest BCUT2D eigenvalue weighted by atomic mass is 10.0. The number of aromatic amines is 1. The molecule has 0 radical (unpaired) electrons. The van der Waals surface area contributed by atoms with Crippen molar-refractivity contribution >= 4 is 23.0 Å². The summed E-state index contributed by atoms with van der Waals surface area (Å²) < 4.78 is 6.46. The molecule has 0 aliphatic carbocycles. The minimum absolute atomic E-state index is 0.0141. The van der Waals surface area contributed by atoms with E-state index >= 15 is 0 Å². The van der Waals surface area contributed by atoms with Gasteiger partial charge in [-0.1, -0.05) is 18.2 Å². The van der Waals surface area contributed by atoms with Crippen LogP contribution in [-0.4, -0.2) is 27.0 Å². The van der Waals surface area contributed by atoms with Crippen molar-refractivity contribution in [1.82, 2.24) is 9.55 Å². The number of para-hydroxylation sites is 1. The van der Waals surface area contributed by atoms with Crippen molar-refractivity contribution in [1.29, 1.82) is 0 Å². The number of hydrogen-bond donors (Lipinski definition) is 2. The maximum atomic E-state index is 12.5. The van der Waals surface area contributed by atoms with E-state index in [-0.39, 0.29) is 5.56 Å². The van der Waals surface area contributed by atoms with Crippen LogP contribution in [0, 0.1) is 0 Å². The summed E-state index contributed by atoms with van der Waals surface area (Å²) in [6, 6.07) is 14.2. The first-order valence-electron chi connectivity index (χ1n) is 9.18. The van der Waals surface area contributed by atoms with Crippen LogP contribution in [0.3, 0.4) is 0 Å². The summed E-state index contributed by atoms with van der Waals surface area (Å²) in [6.45, 7) is 4.22. The van der Waals surface area contributed by atoms with E-state index in [1.54, 1.807) is 30.3 Å². The summed E-state index contributed by atoms with van der Waals surface area (Å²) in [5.74, 6) is 0.206. The van der Waals surface area contributed by atoms with E-state index in [0.717, 1.165) is 27.1 Å². The molecule has 7 heteroatoms. The fourth-order valence-corrected chi connectivity index (χ4v) is 3.33. The second kappa shape index (κ2) is 7.27. The second-order valence-corrected chi connectivity index (χ2v) is 6.53. The molecule has 0 bridgehead atoms. The first-order chi connectivity index (χ1) is 14.0.